The van der Waals surface area contributed by atoms with Crippen molar-refractivity contribution in [1.82, 2.24) is 4.31 Å². The Labute approximate surface area is 125 Å². The number of nitrogens with two attached hydrogens (primary N) is 1. The monoisotopic (exact) mass is 318 g/mol. The first kappa shape index (κ1) is 17.9. The molecule has 0 aliphatic rings. The molecule has 1 aromatic rings. The molecular weight excluding hydrogens is 295 g/mol. The van der Waals surface area contributed by atoms with E-state index in [1.807, 2.05) is 0 Å². The number of aryl methyl sites for hydroxylation is 1. The predicted octanol–water partition coefficient (Wildman–Crippen LogP) is 2.07. The Bertz CT molecular complexity index is 617. The highest BCUT2D eigenvalue weighted by atomic mass is 32.2. The molecule has 120 valence electrons. The number of likely N-dealkylation sites (N-methyl/N-ethyl adjacent to an activating group) is 1. The number of halogens is 1. The van der Waals surface area contributed by atoms with E-state index in [0.29, 0.717) is 12.1 Å². The fraction of sp³-hybridized carbons (Fsp3) is 0.571. The summed E-state index contributed by atoms with van der Waals surface area (Å²) >= 11 is 0. The van der Waals surface area contributed by atoms with E-state index in [2.05, 4.69) is 0 Å². The van der Waals surface area contributed by atoms with Crippen LogP contribution in [0.5, 0.6) is 0 Å². The summed E-state index contributed by atoms with van der Waals surface area (Å²) in [6.07, 6.45) is 0. The van der Waals surface area contributed by atoms with Crippen molar-refractivity contribution in [1.29, 1.82) is 0 Å². The molecule has 5 nitrogen and oxygen atoms in total. The summed E-state index contributed by atoms with van der Waals surface area (Å²) in [5.41, 5.74) is 6.11. The van der Waals surface area contributed by atoms with E-state index in [-0.39, 0.29) is 28.8 Å². The van der Waals surface area contributed by atoms with Gasteiger partial charge in [0.05, 0.1) is 17.2 Å². The molecule has 1 aromatic carbocycles. The molecule has 2 N–H and O–H groups in total. The fourth-order valence-electron chi connectivity index (χ4n) is 2.49. The first-order valence-electron chi connectivity index (χ1n) is 6.74. The van der Waals surface area contributed by atoms with E-state index in [9.17, 15) is 12.8 Å². The first-order valence-corrected chi connectivity index (χ1v) is 8.18. The Morgan fingerprint density at radius 2 is 2.00 bits per heavy atom. The lowest BCUT2D eigenvalue weighted by molar-refractivity contribution is 0.142. The van der Waals surface area contributed by atoms with Gasteiger partial charge in [0.25, 0.3) is 0 Å². The molecule has 0 saturated carbocycles. The summed E-state index contributed by atoms with van der Waals surface area (Å²) in [4.78, 5) is 0.0752. The predicted molar refractivity (Wildman–Crippen MR) is 81.2 cm³/mol. The van der Waals surface area contributed by atoms with Crippen LogP contribution in [0, 0.1) is 19.7 Å². The van der Waals surface area contributed by atoms with Gasteiger partial charge in [-0.05, 0) is 38.0 Å². The van der Waals surface area contributed by atoms with Crippen LogP contribution < -0.4 is 5.73 Å². The van der Waals surface area contributed by atoms with Crippen LogP contribution in [-0.2, 0) is 14.8 Å². The molecule has 0 heterocycles. The Balaban J connectivity index is 3.46. The summed E-state index contributed by atoms with van der Waals surface area (Å²) in [7, 11) is -2.25. The number of nitrogen functional groups attached to an aromatic ring is 1. The van der Waals surface area contributed by atoms with Gasteiger partial charge in [-0.1, -0.05) is 6.92 Å². The van der Waals surface area contributed by atoms with Crippen molar-refractivity contribution >= 4 is 15.7 Å². The van der Waals surface area contributed by atoms with Gasteiger partial charge in [0, 0.05) is 19.7 Å². The topological polar surface area (TPSA) is 72.6 Å². The van der Waals surface area contributed by atoms with Gasteiger partial charge in [-0.3, -0.25) is 0 Å². The van der Waals surface area contributed by atoms with Crippen LogP contribution in [0.25, 0.3) is 0 Å². The third-order valence-electron chi connectivity index (χ3n) is 3.48. The van der Waals surface area contributed by atoms with E-state index in [1.54, 1.807) is 20.8 Å². The van der Waals surface area contributed by atoms with Crippen molar-refractivity contribution in [3.63, 3.8) is 0 Å². The highest BCUT2D eigenvalue weighted by molar-refractivity contribution is 7.89. The minimum atomic E-state index is -3.77. The zero-order valence-electron chi connectivity index (χ0n) is 13.1. The maximum Gasteiger partial charge on any atom is 0.243 e. The van der Waals surface area contributed by atoms with Gasteiger partial charge >= 0.3 is 0 Å². The second-order valence-corrected chi connectivity index (χ2v) is 6.88. The molecule has 0 aliphatic carbocycles. The van der Waals surface area contributed by atoms with Crippen LogP contribution in [0.2, 0.25) is 0 Å². The maximum atomic E-state index is 13.6. The Morgan fingerprint density at radius 3 is 2.48 bits per heavy atom. The number of nitrogens with zero attached hydrogens (tertiary/aromatic N) is 1. The summed E-state index contributed by atoms with van der Waals surface area (Å²) in [5.74, 6) is -0.600. The molecule has 7 heteroatoms. The molecule has 0 saturated heterocycles. The van der Waals surface area contributed by atoms with E-state index >= 15 is 0 Å². The number of methoxy groups -OCH3 is 1. The molecule has 0 spiro atoms. The minimum Gasteiger partial charge on any atom is -0.396 e. The normalized spacial score (nSPS) is 13.7. The largest absolute Gasteiger partial charge is 0.396 e. The van der Waals surface area contributed by atoms with Crippen LogP contribution in [0.15, 0.2) is 11.0 Å². The van der Waals surface area contributed by atoms with Gasteiger partial charge in [-0.25, -0.2) is 12.8 Å². The molecule has 21 heavy (non-hydrogen) atoms. The van der Waals surface area contributed by atoms with Gasteiger partial charge in [0.2, 0.25) is 10.0 Å². The highest BCUT2D eigenvalue weighted by Crippen LogP contribution is 2.30. The second kappa shape index (κ2) is 6.72. The van der Waals surface area contributed by atoms with Gasteiger partial charge in [-0.15, -0.1) is 0 Å². The van der Waals surface area contributed by atoms with E-state index in [4.69, 9.17) is 10.5 Å². The average molecular weight is 318 g/mol. The van der Waals surface area contributed by atoms with E-state index in [1.165, 1.54) is 18.3 Å². The molecule has 0 radical (unpaired) electrons. The molecule has 0 amide bonds. The van der Waals surface area contributed by atoms with Crippen molar-refractivity contribution in [3.8, 4) is 0 Å². The summed E-state index contributed by atoms with van der Waals surface area (Å²) in [6, 6.07) is 0.833. The van der Waals surface area contributed by atoms with Crippen molar-refractivity contribution in [3.05, 3.63) is 23.0 Å². The van der Waals surface area contributed by atoms with Crippen molar-refractivity contribution in [2.75, 3.05) is 26.0 Å². The zero-order valence-corrected chi connectivity index (χ0v) is 13.9. The maximum absolute atomic E-state index is 13.6. The molecule has 0 fully saturated rings. The Kier molecular flexibility index (Phi) is 5.72. The third kappa shape index (κ3) is 3.36. The number of benzene rings is 1. The van der Waals surface area contributed by atoms with Crippen molar-refractivity contribution < 1.29 is 17.5 Å². The lowest BCUT2D eigenvalue weighted by Gasteiger charge is -2.28. The lowest BCUT2D eigenvalue weighted by Crippen LogP contribution is -2.41. The minimum absolute atomic E-state index is 0.0752. The van der Waals surface area contributed by atoms with Crippen LogP contribution in [-0.4, -0.2) is 39.0 Å². The lowest BCUT2D eigenvalue weighted by atomic mass is 10.1. The molecular formula is C14H23FN2O3S. The van der Waals surface area contributed by atoms with Crippen LogP contribution >= 0.6 is 0 Å². The van der Waals surface area contributed by atoms with Gasteiger partial charge < -0.3 is 10.5 Å². The number of rotatable bonds is 6. The van der Waals surface area contributed by atoms with Gasteiger partial charge in [0.1, 0.15) is 5.82 Å². The first-order chi connectivity index (χ1) is 9.68. The van der Waals surface area contributed by atoms with Gasteiger partial charge in [-0.2, -0.15) is 4.31 Å². The number of ether oxygens (including phenoxy) is 1. The quantitative estimate of drug-likeness (QED) is 0.815. The molecule has 1 rings (SSSR count). The van der Waals surface area contributed by atoms with Crippen LogP contribution in [0.4, 0.5) is 10.1 Å². The van der Waals surface area contributed by atoms with Crippen LogP contribution in [0.1, 0.15) is 25.0 Å². The van der Waals surface area contributed by atoms with Crippen molar-refractivity contribution in [2.24, 2.45) is 0 Å². The number of sulfonamides is 1. The van der Waals surface area contributed by atoms with Crippen molar-refractivity contribution in [2.45, 2.75) is 38.6 Å². The summed E-state index contributed by atoms with van der Waals surface area (Å²) in [5, 5.41) is 0. The van der Waals surface area contributed by atoms with Crippen LogP contribution in [0.3, 0.4) is 0 Å². The van der Waals surface area contributed by atoms with E-state index < -0.39 is 15.8 Å². The Hall–Kier alpha value is -1.18. The summed E-state index contributed by atoms with van der Waals surface area (Å²) < 4.78 is 45.7. The average Bonchev–Trinajstić information content (AvgIpc) is 2.36. The smallest absolute Gasteiger partial charge is 0.243 e. The third-order valence-corrected chi connectivity index (χ3v) is 5.86. The standard InChI is InChI=1S/C14H23FN2O3S/c1-6-17(10(3)8-20-5)21(18,19)14-9(2)7-12(15)13(16)11(14)4/h7,10H,6,8,16H2,1-5H3. The van der Waals surface area contributed by atoms with Gasteiger partial charge in [0.15, 0.2) is 0 Å². The Morgan fingerprint density at radius 1 is 1.43 bits per heavy atom. The summed E-state index contributed by atoms with van der Waals surface area (Å²) in [6.45, 7) is 7.18. The fourth-order valence-corrected chi connectivity index (χ4v) is 4.56. The molecule has 1 unspecified atom stereocenters. The highest BCUT2D eigenvalue weighted by Gasteiger charge is 2.31. The number of anilines is 1. The number of hydrogen-bond acceptors (Lipinski definition) is 4. The van der Waals surface area contributed by atoms with E-state index in [0.717, 1.165) is 6.07 Å². The number of hydrogen-bond donors (Lipinski definition) is 1. The SMILES string of the molecule is CCN(C(C)COC)S(=O)(=O)c1c(C)cc(F)c(N)c1C. The molecule has 0 bridgehead atoms. The zero-order chi connectivity index (χ0) is 16.4. The molecule has 1 atom stereocenters. The molecule has 0 aromatic heterocycles. The molecule has 0 aliphatic heterocycles. The second-order valence-electron chi connectivity index (χ2n) is 5.06.